The standard InChI is InChI=1S/C46H53N5O5/c1-28-32(20-44(53)41-21-38(30-14-15-30)34(23-47-41)26-51-18-4-3-13-43(51)46(55)56)8-5-10-36(28)37-11-6-12-40(29(37)2)49-45(54)42-22-39(31-16-17-31)33(24-48-42)25-50-19-7-9-35(50)27-52/h5-6,8,10-12,21-24,30-31,35,43,52H,3-4,7,9,13-20,25-27H2,1-2H3,(H,49,54)(H,55,56)/t35-,43+/m1/s1. The first-order chi connectivity index (χ1) is 27.2. The minimum absolute atomic E-state index is 0.0458. The summed E-state index contributed by atoms with van der Waals surface area (Å²) < 4.78 is 0. The molecule has 10 heteroatoms. The van der Waals surface area contributed by atoms with Gasteiger partial charge in [-0.3, -0.25) is 34.2 Å². The molecule has 4 aliphatic rings. The normalized spacial score (nSPS) is 20.3. The minimum atomic E-state index is -0.769. The zero-order valence-electron chi connectivity index (χ0n) is 32.6. The third-order valence-electron chi connectivity index (χ3n) is 12.6. The fraction of sp³-hybridized carbons (Fsp3) is 0.457. The van der Waals surface area contributed by atoms with E-state index in [2.05, 4.69) is 37.2 Å². The molecule has 2 saturated heterocycles. The maximum absolute atomic E-state index is 13.8. The predicted molar refractivity (Wildman–Crippen MR) is 216 cm³/mol. The SMILES string of the molecule is Cc1c(CC(=O)c2cc(C3CC3)c(CN3CCCC[C@H]3C(=O)O)cn2)cccc1-c1cccc(NC(=O)c2cc(C3CC3)c(CN3CCC[C@@H]3CO)cn2)c1C. The molecule has 2 aliphatic carbocycles. The molecule has 0 spiro atoms. The van der Waals surface area contributed by atoms with Crippen LogP contribution in [-0.4, -0.2) is 79.4 Å². The second-order valence-electron chi connectivity index (χ2n) is 16.5. The van der Waals surface area contributed by atoms with Gasteiger partial charge in [-0.2, -0.15) is 0 Å². The summed E-state index contributed by atoms with van der Waals surface area (Å²) in [4.78, 5) is 53.1. The van der Waals surface area contributed by atoms with E-state index in [-0.39, 0.29) is 30.8 Å². The van der Waals surface area contributed by atoms with Gasteiger partial charge in [-0.15, -0.1) is 0 Å². The van der Waals surface area contributed by atoms with Gasteiger partial charge >= 0.3 is 5.97 Å². The van der Waals surface area contributed by atoms with Crippen molar-refractivity contribution >= 4 is 23.3 Å². The number of aliphatic hydroxyl groups excluding tert-OH is 1. The number of aliphatic carboxylic acids is 1. The van der Waals surface area contributed by atoms with E-state index in [0.29, 0.717) is 41.9 Å². The summed E-state index contributed by atoms with van der Waals surface area (Å²) in [6.45, 7) is 7.23. The molecule has 2 atom stereocenters. The summed E-state index contributed by atoms with van der Waals surface area (Å²) in [5.74, 6) is -0.213. The van der Waals surface area contributed by atoms with Crippen LogP contribution in [0.2, 0.25) is 0 Å². The first-order valence-electron chi connectivity index (χ1n) is 20.5. The Kier molecular flexibility index (Phi) is 11.1. The number of carbonyl (C=O) groups is 3. The van der Waals surface area contributed by atoms with E-state index in [4.69, 9.17) is 0 Å². The Morgan fingerprint density at radius 2 is 1.36 bits per heavy atom. The number of Topliss-reactive ketones (excluding diaryl/α,β-unsaturated/α-hetero) is 1. The van der Waals surface area contributed by atoms with E-state index in [9.17, 15) is 24.6 Å². The number of carboxylic acid groups (broad SMARTS) is 1. The first kappa shape index (κ1) is 38.1. The molecule has 10 nitrogen and oxygen atoms in total. The molecule has 2 aliphatic heterocycles. The molecule has 56 heavy (non-hydrogen) atoms. The van der Waals surface area contributed by atoms with Gasteiger partial charge in [0.25, 0.3) is 5.91 Å². The zero-order chi connectivity index (χ0) is 38.9. The summed E-state index contributed by atoms with van der Waals surface area (Å²) in [6, 6.07) is 15.6. The maximum Gasteiger partial charge on any atom is 0.320 e. The summed E-state index contributed by atoms with van der Waals surface area (Å²) in [7, 11) is 0. The number of rotatable bonds is 14. The number of hydrogen-bond donors (Lipinski definition) is 3. The molecule has 4 fully saturated rings. The van der Waals surface area contributed by atoms with Crippen LogP contribution < -0.4 is 5.32 Å². The summed E-state index contributed by atoms with van der Waals surface area (Å²) in [6.07, 6.45) is 12.9. The van der Waals surface area contributed by atoms with Gasteiger partial charge in [-0.1, -0.05) is 36.8 Å². The number of piperidine rings is 1. The van der Waals surface area contributed by atoms with Crippen molar-refractivity contribution in [2.24, 2.45) is 0 Å². The lowest BCUT2D eigenvalue weighted by Crippen LogP contribution is -2.44. The quantitative estimate of drug-likeness (QED) is 0.111. The molecule has 8 rings (SSSR count). The Morgan fingerprint density at radius 3 is 2.04 bits per heavy atom. The number of aliphatic hydroxyl groups is 1. The van der Waals surface area contributed by atoms with E-state index in [0.717, 1.165) is 116 Å². The van der Waals surface area contributed by atoms with Crippen LogP contribution in [0.4, 0.5) is 5.69 Å². The highest BCUT2D eigenvalue weighted by atomic mass is 16.4. The number of nitrogens with one attached hydrogen (secondary N) is 1. The van der Waals surface area contributed by atoms with Crippen LogP contribution in [0.15, 0.2) is 60.9 Å². The Labute approximate surface area is 329 Å². The van der Waals surface area contributed by atoms with Crippen molar-refractivity contribution in [2.45, 2.75) is 115 Å². The van der Waals surface area contributed by atoms with Crippen molar-refractivity contribution in [1.29, 1.82) is 0 Å². The number of carboxylic acids is 1. The van der Waals surface area contributed by atoms with E-state index in [1.807, 2.05) is 56.4 Å². The number of benzene rings is 2. The number of hydrogen-bond acceptors (Lipinski definition) is 8. The second-order valence-corrected chi connectivity index (χ2v) is 16.5. The average Bonchev–Trinajstić information content (AvgIpc) is 4.15. The van der Waals surface area contributed by atoms with Gasteiger partial charge in [0.2, 0.25) is 0 Å². The maximum atomic E-state index is 13.8. The van der Waals surface area contributed by atoms with Crippen LogP contribution in [0.25, 0.3) is 11.1 Å². The topological polar surface area (TPSA) is 136 Å². The van der Waals surface area contributed by atoms with Gasteiger partial charge < -0.3 is 15.5 Å². The van der Waals surface area contributed by atoms with Crippen LogP contribution in [0.5, 0.6) is 0 Å². The smallest absolute Gasteiger partial charge is 0.320 e. The molecule has 2 saturated carbocycles. The largest absolute Gasteiger partial charge is 0.480 e. The van der Waals surface area contributed by atoms with Crippen LogP contribution in [0.1, 0.15) is 130 Å². The number of pyridine rings is 2. The average molecular weight is 756 g/mol. The molecule has 3 N–H and O–H groups in total. The fourth-order valence-electron chi connectivity index (χ4n) is 8.98. The predicted octanol–water partition coefficient (Wildman–Crippen LogP) is 7.59. The molecule has 4 heterocycles. The Hall–Kier alpha value is -4.77. The summed E-state index contributed by atoms with van der Waals surface area (Å²) >= 11 is 0. The molecule has 0 radical (unpaired) electrons. The summed E-state index contributed by atoms with van der Waals surface area (Å²) in [5.41, 5.74) is 10.9. The number of ketones is 1. The minimum Gasteiger partial charge on any atom is -0.480 e. The van der Waals surface area contributed by atoms with Crippen LogP contribution >= 0.6 is 0 Å². The lowest BCUT2D eigenvalue weighted by atomic mass is 9.90. The van der Waals surface area contributed by atoms with Crippen molar-refractivity contribution in [3.8, 4) is 11.1 Å². The number of carbonyl (C=O) groups excluding carboxylic acids is 2. The lowest BCUT2D eigenvalue weighted by Gasteiger charge is -2.33. The Bertz CT molecular complexity index is 2140. The number of amides is 1. The second kappa shape index (κ2) is 16.4. The van der Waals surface area contributed by atoms with Gasteiger partial charge in [-0.05, 0) is 158 Å². The van der Waals surface area contributed by atoms with Crippen molar-refractivity contribution in [2.75, 3.05) is 25.0 Å². The number of aromatic nitrogens is 2. The molecule has 2 aromatic carbocycles. The summed E-state index contributed by atoms with van der Waals surface area (Å²) in [5, 5.41) is 22.8. The highest BCUT2D eigenvalue weighted by molar-refractivity contribution is 6.04. The number of likely N-dealkylation sites (tertiary alicyclic amines) is 2. The molecule has 0 bridgehead atoms. The molecule has 2 aromatic heterocycles. The highest BCUT2D eigenvalue weighted by Gasteiger charge is 2.33. The third kappa shape index (κ3) is 8.19. The zero-order valence-corrected chi connectivity index (χ0v) is 32.6. The van der Waals surface area contributed by atoms with Gasteiger partial charge in [0.1, 0.15) is 17.4 Å². The molecule has 0 unspecified atom stereocenters. The van der Waals surface area contributed by atoms with Gasteiger partial charge in [0.05, 0.1) is 6.61 Å². The Balaban J connectivity index is 0.977. The van der Waals surface area contributed by atoms with Crippen LogP contribution in [-0.2, 0) is 24.3 Å². The molecule has 292 valence electrons. The molecular weight excluding hydrogens is 703 g/mol. The van der Waals surface area contributed by atoms with E-state index in [1.54, 1.807) is 6.20 Å². The third-order valence-corrected chi connectivity index (χ3v) is 12.6. The van der Waals surface area contributed by atoms with Gasteiger partial charge in [0.15, 0.2) is 5.78 Å². The van der Waals surface area contributed by atoms with Gasteiger partial charge in [-0.25, -0.2) is 0 Å². The van der Waals surface area contributed by atoms with Gasteiger partial charge in [0, 0.05) is 43.6 Å². The van der Waals surface area contributed by atoms with Crippen molar-refractivity contribution in [1.82, 2.24) is 19.8 Å². The first-order valence-corrected chi connectivity index (χ1v) is 20.5. The van der Waals surface area contributed by atoms with Crippen molar-refractivity contribution in [3.05, 3.63) is 111 Å². The van der Waals surface area contributed by atoms with Crippen LogP contribution in [0, 0.1) is 13.8 Å². The fourth-order valence-corrected chi connectivity index (χ4v) is 8.98. The lowest BCUT2D eigenvalue weighted by molar-refractivity contribution is -0.144. The van der Waals surface area contributed by atoms with E-state index >= 15 is 0 Å². The molecule has 1 amide bonds. The van der Waals surface area contributed by atoms with Crippen molar-refractivity contribution in [3.63, 3.8) is 0 Å². The number of anilines is 1. The molecular formula is C46H53N5O5. The van der Waals surface area contributed by atoms with Crippen LogP contribution in [0.3, 0.4) is 0 Å². The monoisotopic (exact) mass is 755 g/mol. The highest BCUT2D eigenvalue weighted by Crippen LogP contribution is 2.44. The molecule has 4 aromatic rings. The van der Waals surface area contributed by atoms with E-state index < -0.39 is 12.0 Å². The van der Waals surface area contributed by atoms with E-state index in [1.165, 1.54) is 5.56 Å². The van der Waals surface area contributed by atoms with Crippen molar-refractivity contribution < 1.29 is 24.6 Å². The number of nitrogens with zero attached hydrogens (tertiary/aromatic N) is 4. The Morgan fingerprint density at radius 1 is 0.732 bits per heavy atom.